The van der Waals surface area contributed by atoms with Gasteiger partial charge >= 0.3 is 0 Å². The summed E-state index contributed by atoms with van der Waals surface area (Å²) in [5.41, 5.74) is 5.89. The number of carbonyl (C=O) groups is 1. The highest BCUT2D eigenvalue weighted by Gasteiger charge is 2.19. The summed E-state index contributed by atoms with van der Waals surface area (Å²) in [7, 11) is 0. The number of nitrogens with one attached hydrogen (secondary N) is 1. The van der Waals surface area contributed by atoms with Crippen LogP contribution in [0.3, 0.4) is 0 Å². The van der Waals surface area contributed by atoms with Gasteiger partial charge in [0, 0.05) is 17.0 Å². The molecular formula is C18H23ClN2OS. The fraction of sp³-hybridized carbons (Fsp3) is 0.389. The number of hydrogen-bond acceptors (Lipinski definition) is 3. The minimum absolute atomic E-state index is 0. The van der Waals surface area contributed by atoms with Crippen LogP contribution in [-0.4, -0.2) is 23.7 Å². The van der Waals surface area contributed by atoms with E-state index in [-0.39, 0.29) is 18.3 Å². The molecule has 0 heterocycles. The molecule has 124 valence electrons. The minimum Gasteiger partial charge on any atom is -0.353 e. The lowest BCUT2D eigenvalue weighted by Crippen LogP contribution is -2.41. The van der Waals surface area contributed by atoms with E-state index in [4.69, 9.17) is 5.73 Å². The predicted octanol–water partition coefficient (Wildman–Crippen LogP) is 3.74. The zero-order chi connectivity index (χ0) is 15.4. The second-order valence-electron chi connectivity index (χ2n) is 5.98. The van der Waals surface area contributed by atoms with Crippen LogP contribution in [0.5, 0.6) is 0 Å². The molecule has 0 aliphatic heterocycles. The SMILES string of the molecule is Cl.NC1CCC(NC(=O)CSc2ccc3ccccc3c2)CC1. The van der Waals surface area contributed by atoms with E-state index in [1.807, 2.05) is 12.1 Å². The molecule has 23 heavy (non-hydrogen) atoms. The number of benzene rings is 2. The Hall–Kier alpha value is -1.23. The van der Waals surface area contributed by atoms with E-state index >= 15 is 0 Å². The molecule has 1 amide bonds. The number of amides is 1. The first kappa shape index (κ1) is 18.1. The van der Waals surface area contributed by atoms with Gasteiger partial charge in [0.25, 0.3) is 0 Å². The third-order valence-electron chi connectivity index (χ3n) is 4.23. The normalized spacial score (nSPS) is 20.7. The van der Waals surface area contributed by atoms with E-state index in [1.54, 1.807) is 11.8 Å². The van der Waals surface area contributed by atoms with Gasteiger partial charge in [0.2, 0.25) is 5.91 Å². The second kappa shape index (κ2) is 8.57. The smallest absolute Gasteiger partial charge is 0.230 e. The van der Waals surface area contributed by atoms with E-state index in [9.17, 15) is 4.79 Å². The molecule has 0 saturated heterocycles. The fourth-order valence-electron chi connectivity index (χ4n) is 2.94. The largest absolute Gasteiger partial charge is 0.353 e. The summed E-state index contributed by atoms with van der Waals surface area (Å²) in [6.07, 6.45) is 4.05. The standard InChI is InChI=1S/C18H22N2OS.ClH/c19-15-6-8-16(9-7-15)20-18(21)12-22-17-10-5-13-3-1-2-4-14(13)11-17;/h1-5,10-11,15-16H,6-9,12,19H2,(H,20,21);1H. The van der Waals surface area contributed by atoms with Gasteiger partial charge in [-0.3, -0.25) is 4.79 Å². The van der Waals surface area contributed by atoms with Crippen molar-refractivity contribution < 1.29 is 4.79 Å². The molecule has 0 aromatic heterocycles. The van der Waals surface area contributed by atoms with Crippen LogP contribution >= 0.6 is 24.2 Å². The maximum Gasteiger partial charge on any atom is 0.230 e. The first-order valence-electron chi connectivity index (χ1n) is 7.87. The first-order valence-corrected chi connectivity index (χ1v) is 8.86. The Morgan fingerprint density at radius 3 is 2.52 bits per heavy atom. The van der Waals surface area contributed by atoms with Gasteiger partial charge in [-0.25, -0.2) is 0 Å². The van der Waals surface area contributed by atoms with E-state index in [0.717, 1.165) is 30.6 Å². The Labute approximate surface area is 147 Å². The Morgan fingerprint density at radius 1 is 1.09 bits per heavy atom. The zero-order valence-electron chi connectivity index (χ0n) is 13.0. The Balaban J connectivity index is 0.00000192. The predicted molar refractivity (Wildman–Crippen MR) is 100 cm³/mol. The van der Waals surface area contributed by atoms with Crippen LogP contribution in [0.15, 0.2) is 47.4 Å². The van der Waals surface area contributed by atoms with Crippen LogP contribution < -0.4 is 11.1 Å². The lowest BCUT2D eigenvalue weighted by molar-refractivity contribution is -0.119. The Morgan fingerprint density at radius 2 is 1.78 bits per heavy atom. The van der Waals surface area contributed by atoms with Gasteiger partial charge in [-0.15, -0.1) is 24.2 Å². The number of halogens is 1. The number of hydrogen-bond donors (Lipinski definition) is 2. The maximum absolute atomic E-state index is 12.1. The zero-order valence-corrected chi connectivity index (χ0v) is 14.7. The van der Waals surface area contributed by atoms with Gasteiger partial charge in [-0.05, 0) is 48.6 Å². The van der Waals surface area contributed by atoms with Gasteiger partial charge in [0.1, 0.15) is 0 Å². The molecule has 5 heteroatoms. The second-order valence-corrected chi connectivity index (χ2v) is 7.03. The molecule has 0 unspecified atom stereocenters. The molecule has 3 rings (SSSR count). The van der Waals surface area contributed by atoms with Crippen molar-refractivity contribution in [2.45, 2.75) is 42.7 Å². The van der Waals surface area contributed by atoms with Gasteiger partial charge < -0.3 is 11.1 Å². The summed E-state index contributed by atoms with van der Waals surface area (Å²) in [6, 6.07) is 15.3. The highest BCUT2D eigenvalue weighted by atomic mass is 35.5. The van der Waals surface area contributed by atoms with Crippen molar-refractivity contribution in [2.24, 2.45) is 5.73 Å². The minimum atomic E-state index is 0. The monoisotopic (exact) mass is 350 g/mol. The molecule has 0 spiro atoms. The molecule has 1 saturated carbocycles. The summed E-state index contributed by atoms with van der Waals surface area (Å²) in [5, 5.41) is 5.58. The number of thioether (sulfide) groups is 1. The van der Waals surface area contributed by atoms with E-state index in [1.165, 1.54) is 10.8 Å². The summed E-state index contributed by atoms with van der Waals surface area (Å²) in [6.45, 7) is 0. The van der Waals surface area contributed by atoms with Crippen LogP contribution in [0.1, 0.15) is 25.7 Å². The molecule has 3 N–H and O–H groups in total. The topological polar surface area (TPSA) is 55.1 Å². The molecule has 1 aliphatic carbocycles. The van der Waals surface area contributed by atoms with Crippen LogP contribution in [-0.2, 0) is 4.79 Å². The average molecular weight is 351 g/mol. The average Bonchev–Trinajstić information content (AvgIpc) is 2.55. The number of rotatable bonds is 4. The molecule has 0 bridgehead atoms. The van der Waals surface area contributed by atoms with Crippen molar-refractivity contribution in [3.05, 3.63) is 42.5 Å². The van der Waals surface area contributed by atoms with Crippen LogP contribution in [0.2, 0.25) is 0 Å². The first-order chi connectivity index (χ1) is 10.7. The molecule has 1 fully saturated rings. The third kappa shape index (κ3) is 5.13. The Bertz CT molecular complexity index is 656. The highest BCUT2D eigenvalue weighted by molar-refractivity contribution is 8.00. The molecular weight excluding hydrogens is 328 g/mol. The van der Waals surface area contributed by atoms with E-state index in [2.05, 4.69) is 35.6 Å². The number of carbonyl (C=O) groups excluding carboxylic acids is 1. The maximum atomic E-state index is 12.1. The lowest BCUT2D eigenvalue weighted by Gasteiger charge is -2.26. The van der Waals surface area contributed by atoms with Crippen molar-refractivity contribution in [1.29, 1.82) is 0 Å². The summed E-state index contributed by atoms with van der Waals surface area (Å²) < 4.78 is 0. The molecule has 0 atom stereocenters. The summed E-state index contributed by atoms with van der Waals surface area (Å²) in [4.78, 5) is 13.2. The van der Waals surface area contributed by atoms with Gasteiger partial charge in [0.15, 0.2) is 0 Å². The van der Waals surface area contributed by atoms with Gasteiger partial charge in [-0.1, -0.05) is 30.3 Å². The molecule has 3 nitrogen and oxygen atoms in total. The number of fused-ring (bicyclic) bond motifs is 1. The van der Waals surface area contributed by atoms with Crippen LogP contribution in [0.4, 0.5) is 0 Å². The van der Waals surface area contributed by atoms with Crippen molar-refractivity contribution in [3.8, 4) is 0 Å². The molecule has 2 aromatic rings. The molecule has 0 radical (unpaired) electrons. The highest BCUT2D eigenvalue weighted by Crippen LogP contribution is 2.24. The van der Waals surface area contributed by atoms with Crippen molar-refractivity contribution >= 4 is 40.8 Å². The van der Waals surface area contributed by atoms with Crippen molar-refractivity contribution in [1.82, 2.24) is 5.32 Å². The van der Waals surface area contributed by atoms with Crippen molar-refractivity contribution in [3.63, 3.8) is 0 Å². The fourth-order valence-corrected chi connectivity index (χ4v) is 3.69. The van der Waals surface area contributed by atoms with Crippen LogP contribution in [0.25, 0.3) is 10.8 Å². The summed E-state index contributed by atoms with van der Waals surface area (Å²) >= 11 is 1.60. The molecule has 1 aliphatic rings. The summed E-state index contributed by atoms with van der Waals surface area (Å²) in [5.74, 6) is 0.597. The number of nitrogens with two attached hydrogens (primary N) is 1. The lowest BCUT2D eigenvalue weighted by atomic mass is 9.92. The third-order valence-corrected chi connectivity index (χ3v) is 5.22. The van der Waals surface area contributed by atoms with E-state index in [0.29, 0.717) is 17.8 Å². The Kier molecular flexibility index (Phi) is 6.75. The van der Waals surface area contributed by atoms with E-state index < -0.39 is 0 Å². The van der Waals surface area contributed by atoms with Gasteiger partial charge in [0.05, 0.1) is 5.75 Å². The molecule has 2 aromatic carbocycles. The van der Waals surface area contributed by atoms with Gasteiger partial charge in [-0.2, -0.15) is 0 Å². The quantitative estimate of drug-likeness (QED) is 0.826. The van der Waals surface area contributed by atoms with Crippen LogP contribution in [0, 0.1) is 0 Å². The van der Waals surface area contributed by atoms with Crippen molar-refractivity contribution in [2.75, 3.05) is 5.75 Å².